The molecule has 6 heteroatoms. The van der Waals surface area contributed by atoms with E-state index in [2.05, 4.69) is 21.2 Å². The van der Waals surface area contributed by atoms with Crippen LogP contribution in [0.1, 0.15) is 22.2 Å². The Morgan fingerprint density at radius 1 is 1.37 bits per heavy atom. The average Bonchev–Trinajstić information content (AvgIpc) is 2.84. The maximum atomic E-state index is 13.6. The summed E-state index contributed by atoms with van der Waals surface area (Å²) in [6.45, 7) is 1.93. The van der Waals surface area contributed by atoms with E-state index >= 15 is 0 Å². The first kappa shape index (κ1) is 14.1. The zero-order valence-corrected chi connectivity index (χ0v) is 12.4. The van der Waals surface area contributed by atoms with E-state index in [9.17, 15) is 13.6 Å². The number of thiophene rings is 1. The van der Waals surface area contributed by atoms with E-state index < -0.39 is 17.5 Å². The van der Waals surface area contributed by atoms with Crippen LogP contribution in [-0.2, 0) is 6.42 Å². The van der Waals surface area contributed by atoms with E-state index in [1.807, 2.05) is 13.0 Å². The number of rotatable bonds is 3. The van der Waals surface area contributed by atoms with Gasteiger partial charge in [-0.3, -0.25) is 4.79 Å². The Hall–Kier alpha value is -1.27. The molecule has 1 N–H and O–H groups in total. The number of amides is 1. The van der Waals surface area contributed by atoms with Gasteiger partial charge in [0.1, 0.15) is 11.6 Å². The van der Waals surface area contributed by atoms with Gasteiger partial charge in [-0.15, -0.1) is 11.3 Å². The Kier molecular flexibility index (Phi) is 4.31. The van der Waals surface area contributed by atoms with Gasteiger partial charge in [-0.05, 0) is 45.4 Å². The van der Waals surface area contributed by atoms with Crippen LogP contribution in [0.2, 0.25) is 0 Å². The third-order valence-corrected chi connectivity index (χ3v) is 4.16. The number of nitrogens with one attached hydrogen (secondary N) is 1. The molecule has 2 aromatic rings. The molecule has 0 fully saturated rings. The lowest BCUT2D eigenvalue weighted by molar-refractivity contribution is 0.102. The third kappa shape index (κ3) is 3.01. The summed E-state index contributed by atoms with van der Waals surface area (Å²) in [5.74, 6) is -1.73. The number of carbonyl (C=O) groups is 1. The molecule has 1 aromatic carbocycles. The molecular weight excluding hydrogens is 336 g/mol. The van der Waals surface area contributed by atoms with E-state index in [0.29, 0.717) is 11.3 Å². The predicted octanol–water partition coefficient (Wildman–Crippen LogP) is 4.60. The average molecular weight is 346 g/mol. The highest BCUT2D eigenvalue weighted by Gasteiger charge is 2.15. The molecule has 0 saturated heterocycles. The molecule has 1 aromatic heterocycles. The molecule has 19 heavy (non-hydrogen) atoms. The van der Waals surface area contributed by atoms with Gasteiger partial charge in [0.2, 0.25) is 0 Å². The topological polar surface area (TPSA) is 29.1 Å². The second-order valence-corrected chi connectivity index (χ2v) is 5.60. The van der Waals surface area contributed by atoms with Crippen LogP contribution in [0.3, 0.4) is 0 Å². The number of benzene rings is 1. The van der Waals surface area contributed by atoms with Crippen LogP contribution < -0.4 is 5.32 Å². The molecule has 0 radical (unpaired) electrons. The quantitative estimate of drug-likeness (QED) is 0.809. The van der Waals surface area contributed by atoms with Gasteiger partial charge in [0, 0.05) is 6.07 Å². The van der Waals surface area contributed by atoms with Crippen molar-refractivity contribution in [3.05, 3.63) is 50.1 Å². The molecule has 2 nitrogen and oxygen atoms in total. The third-order valence-electron chi connectivity index (χ3n) is 2.59. The van der Waals surface area contributed by atoms with Crippen LogP contribution in [-0.4, -0.2) is 5.91 Å². The summed E-state index contributed by atoms with van der Waals surface area (Å²) in [6, 6.07) is 3.79. The van der Waals surface area contributed by atoms with Crippen molar-refractivity contribution in [2.45, 2.75) is 13.3 Å². The SMILES string of the molecule is CCc1ccsc1C(=O)Nc1cc(F)c(Br)cc1F. The van der Waals surface area contributed by atoms with Gasteiger partial charge in [-0.25, -0.2) is 8.78 Å². The van der Waals surface area contributed by atoms with Crippen LogP contribution >= 0.6 is 27.3 Å². The second-order valence-electron chi connectivity index (χ2n) is 3.83. The van der Waals surface area contributed by atoms with Gasteiger partial charge in [0.05, 0.1) is 15.0 Å². The Morgan fingerprint density at radius 2 is 2.11 bits per heavy atom. The normalized spacial score (nSPS) is 10.5. The van der Waals surface area contributed by atoms with Gasteiger partial charge in [-0.2, -0.15) is 0 Å². The summed E-state index contributed by atoms with van der Waals surface area (Å²) in [6.07, 6.45) is 0.712. The van der Waals surface area contributed by atoms with Gasteiger partial charge >= 0.3 is 0 Å². The highest BCUT2D eigenvalue weighted by Crippen LogP contribution is 2.25. The smallest absolute Gasteiger partial charge is 0.266 e. The summed E-state index contributed by atoms with van der Waals surface area (Å²) in [7, 11) is 0. The van der Waals surface area contributed by atoms with Crippen molar-refractivity contribution in [3.63, 3.8) is 0 Å². The first-order valence-corrected chi connectivity index (χ1v) is 7.22. The Morgan fingerprint density at radius 3 is 2.79 bits per heavy atom. The number of halogens is 3. The highest BCUT2D eigenvalue weighted by atomic mass is 79.9. The van der Waals surface area contributed by atoms with E-state index in [4.69, 9.17) is 0 Å². The maximum Gasteiger partial charge on any atom is 0.266 e. The van der Waals surface area contributed by atoms with Crippen LogP contribution in [0.25, 0.3) is 0 Å². The molecule has 0 aliphatic rings. The fraction of sp³-hybridized carbons (Fsp3) is 0.154. The van der Waals surface area contributed by atoms with Crippen molar-refractivity contribution in [2.24, 2.45) is 0 Å². The molecule has 0 unspecified atom stereocenters. The molecule has 0 atom stereocenters. The van der Waals surface area contributed by atoms with Crippen molar-refractivity contribution in [1.29, 1.82) is 0 Å². The van der Waals surface area contributed by atoms with Gasteiger partial charge in [0.15, 0.2) is 0 Å². The minimum atomic E-state index is -0.684. The van der Waals surface area contributed by atoms with E-state index in [1.165, 1.54) is 11.3 Å². The molecule has 2 rings (SSSR count). The Balaban J connectivity index is 2.27. The monoisotopic (exact) mass is 345 g/mol. The fourth-order valence-corrected chi connectivity index (χ4v) is 2.82. The first-order chi connectivity index (χ1) is 9.02. The first-order valence-electron chi connectivity index (χ1n) is 5.55. The van der Waals surface area contributed by atoms with Crippen molar-refractivity contribution in [1.82, 2.24) is 0 Å². The van der Waals surface area contributed by atoms with E-state index in [1.54, 1.807) is 5.38 Å². The van der Waals surface area contributed by atoms with Crippen molar-refractivity contribution in [3.8, 4) is 0 Å². The largest absolute Gasteiger partial charge is 0.319 e. The number of aryl methyl sites for hydroxylation is 1. The summed E-state index contributed by atoms with van der Waals surface area (Å²) in [5.41, 5.74) is 0.724. The second kappa shape index (κ2) is 5.79. The lowest BCUT2D eigenvalue weighted by Crippen LogP contribution is -2.13. The molecule has 1 amide bonds. The van der Waals surface area contributed by atoms with Gasteiger partial charge < -0.3 is 5.32 Å². The standard InChI is InChI=1S/C13H10BrF2NOS/c1-2-7-3-4-19-12(7)13(18)17-11-6-9(15)8(14)5-10(11)16/h3-6H,2H2,1H3,(H,17,18). The van der Waals surface area contributed by atoms with Crippen LogP contribution in [0.5, 0.6) is 0 Å². The highest BCUT2D eigenvalue weighted by molar-refractivity contribution is 9.10. The summed E-state index contributed by atoms with van der Waals surface area (Å²) < 4.78 is 27.0. The van der Waals surface area contributed by atoms with Crippen LogP contribution in [0.15, 0.2) is 28.1 Å². The summed E-state index contributed by atoms with van der Waals surface area (Å²) in [4.78, 5) is 12.5. The van der Waals surface area contributed by atoms with Crippen molar-refractivity contribution < 1.29 is 13.6 Å². The van der Waals surface area contributed by atoms with Crippen LogP contribution in [0, 0.1) is 11.6 Å². The fourth-order valence-electron chi connectivity index (χ4n) is 1.61. The number of carbonyl (C=O) groups excluding carboxylic acids is 1. The molecular formula is C13H10BrF2NOS. The lowest BCUT2D eigenvalue weighted by Gasteiger charge is -2.07. The predicted molar refractivity (Wildman–Crippen MR) is 75.7 cm³/mol. The van der Waals surface area contributed by atoms with E-state index in [0.717, 1.165) is 17.7 Å². The van der Waals surface area contributed by atoms with Gasteiger partial charge in [-0.1, -0.05) is 6.92 Å². The van der Waals surface area contributed by atoms with Crippen LogP contribution in [0.4, 0.5) is 14.5 Å². The van der Waals surface area contributed by atoms with E-state index in [-0.39, 0.29) is 10.2 Å². The molecule has 0 bridgehead atoms. The number of hydrogen-bond donors (Lipinski definition) is 1. The molecule has 100 valence electrons. The molecule has 0 aliphatic heterocycles. The molecule has 1 heterocycles. The molecule has 0 aliphatic carbocycles. The number of hydrogen-bond acceptors (Lipinski definition) is 2. The zero-order valence-electron chi connectivity index (χ0n) is 9.97. The van der Waals surface area contributed by atoms with Crippen molar-refractivity contribution >= 4 is 38.9 Å². The Bertz CT molecular complexity index is 627. The number of anilines is 1. The molecule has 0 saturated carbocycles. The molecule has 0 spiro atoms. The minimum Gasteiger partial charge on any atom is -0.319 e. The summed E-state index contributed by atoms with van der Waals surface area (Å²) in [5, 5.41) is 4.19. The maximum absolute atomic E-state index is 13.6. The minimum absolute atomic E-state index is 0.0216. The Labute approximate surface area is 121 Å². The van der Waals surface area contributed by atoms with Gasteiger partial charge in [0.25, 0.3) is 5.91 Å². The zero-order chi connectivity index (χ0) is 14.0. The lowest BCUT2D eigenvalue weighted by atomic mass is 10.2. The summed E-state index contributed by atoms with van der Waals surface area (Å²) >= 11 is 4.16. The van der Waals surface area contributed by atoms with Crippen molar-refractivity contribution in [2.75, 3.05) is 5.32 Å².